The Kier molecular flexibility index (Phi) is 1.29. The largest absolute Gasteiger partial charge is 0.374 e. The molecule has 0 aliphatic heterocycles. The molecule has 0 aromatic heterocycles. The van der Waals surface area contributed by atoms with Crippen molar-refractivity contribution in [1.82, 2.24) is 0 Å². The fraction of sp³-hybridized carbons (Fsp3) is 1.00. The zero-order valence-electron chi connectivity index (χ0n) is 5.48. The van der Waals surface area contributed by atoms with E-state index < -0.39 is 0 Å². The van der Waals surface area contributed by atoms with Gasteiger partial charge >= 0.3 is 0 Å². The van der Waals surface area contributed by atoms with Gasteiger partial charge in [0.15, 0.2) is 0 Å². The Hall–Kier alpha value is -0.0800. The molecule has 8 heavy (non-hydrogen) atoms. The molecule has 2 heteroatoms. The molecule has 48 valence electrons. The summed E-state index contributed by atoms with van der Waals surface area (Å²) >= 11 is 0. The molecule has 2 atom stereocenters. The molecule has 1 aliphatic carbocycles. The molecular formula is C6H13NO. The van der Waals surface area contributed by atoms with E-state index >= 15 is 0 Å². The summed E-state index contributed by atoms with van der Waals surface area (Å²) in [4.78, 5) is 0. The Morgan fingerprint density at radius 3 is 2.50 bits per heavy atom. The van der Waals surface area contributed by atoms with Crippen LogP contribution >= 0.6 is 0 Å². The van der Waals surface area contributed by atoms with E-state index in [4.69, 9.17) is 10.5 Å². The van der Waals surface area contributed by atoms with Crippen LogP contribution in [0.4, 0.5) is 0 Å². The summed E-state index contributed by atoms with van der Waals surface area (Å²) in [6.07, 6.45) is 1.03. The van der Waals surface area contributed by atoms with Crippen LogP contribution in [0.1, 0.15) is 20.3 Å². The second-order valence-electron chi connectivity index (χ2n) is 2.56. The number of hydrogen-bond acceptors (Lipinski definition) is 2. The lowest BCUT2D eigenvalue weighted by Crippen LogP contribution is -2.19. The lowest BCUT2D eigenvalue weighted by molar-refractivity contribution is 0.0519. The average Bonchev–Trinajstić information content (AvgIpc) is 2.16. The third kappa shape index (κ3) is 0.858. The van der Waals surface area contributed by atoms with Gasteiger partial charge in [0.05, 0.1) is 5.60 Å². The van der Waals surface area contributed by atoms with Gasteiger partial charge in [-0.25, -0.2) is 0 Å². The summed E-state index contributed by atoms with van der Waals surface area (Å²) in [6, 6.07) is 0.294. The fourth-order valence-electron chi connectivity index (χ4n) is 0.873. The number of hydrogen-bond donors (Lipinski definition) is 1. The highest BCUT2D eigenvalue weighted by Crippen LogP contribution is 2.37. The van der Waals surface area contributed by atoms with Gasteiger partial charge < -0.3 is 10.5 Å². The van der Waals surface area contributed by atoms with Gasteiger partial charge in [-0.1, -0.05) is 0 Å². The maximum atomic E-state index is 5.56. The molecule has 0 amide bonds. The normalized spacial score (nSPS) is 44.6. The molecule has 0 bridgehead atoms. The first-order chi connectivity index (χ1) is 3.69. The second-order valence-corrected chi connectivity index (χ2v) is 2.56. The molecule has 0 saturated heterocycles. The van der Waals surface area contributed by atoms with Crippen LogP contribution in [0, 0.1) is 0 Å². The van der Waals surface area contributed by atoms with E-state index in [2.05, 4.69) is 6.92 Å². The summed E-state index contributed by atoms with van der Waals surface area (Å²) in [5.74, 6) is 0. The van der Waals surface area contributed by atoms with Crippen molar-refractivity contribution in [1.29, 1.82) is 0 Å². The molecule has 0 heterocycles. The van der Waals surface area contributed by atoms with E-state index in [1.54, 1.807) is 0 Å². The first-order valence-electron chi connectivity index (χ1n) is 3.08. The van der Waals surface area contributed by atoms with Gasteiger partial charge in [0.1, 0.15) is 0 Å². The smallest absolute Gasteiger partial charge is 0.0821 e. The van der Waals surface area contributed by atoms with Crippen LogP contribution in [-0.2, 0) is 4.74 Å². The molecule has 1 aliphatic rings. The van der Waals surface area contributed by atoms with Crippen molar-refractivity contribution < 1.29 is 4.74 Å². The first-order valence-corrected chi connectivity index (χ1v) is 3.08. The summed E-state index contributed by atoms with van der Waals surface area (Å²) < 4.78 is 5.33. The highest BCUT2D eigenvalue weighted by atomic mass is 16.5. The van der Waals surface area contributed by atoms with Gasteiger partial charge in [-0.05, 0) is 20.3 Å². The predicted molar refractivity (Wildman–Crippen MR) is 32.6 cm³/mol. The minimum Gasteiger partial charge on any atom is -0.374 e. The summed E-state index contributed by atoms with van der Waals surface area (Å²) in [5.41, 5.74) is 5.60. The molecule has 0 radical (unpaired) electrons. The quantitative estimate of drug-likeness (QED) is 0.569. The molecule has 2 N–H and O–H groups in total. The molecule has 0 spiro atoms. The number of nitrogens with two attached hydrogens (primary N) is 1. The fourth-order valence-corrected chi connectivity index (χ4v) is 0.873. The van der Waals surface area contributed by atoms with Crippen LogP contribution < -0.4 is 5.73 Å². The maximum absolute atomic E-state index is 5.56. The molecule has 1 saturated carbocycles. The van der Waals surface area contributed by atoms with Crippen molar-refractivity contribution in [3.8, 4) is 0 Å². The Bertz CT molecular complexity index is 94.5. The van der Waals surface area contributed by atoms with Crippen LogP contribution in [0.25, 0.3) is 0 Å². The van der Waals surface area contributed by atoms with E-state index in [9.17, 15) is 0 Å². The van der Waals surface area contributed by atoms with Crippen LogP contribution in [0.3, 0.4) is 0 Å². The van der Waals surface area contributed by atoms with Crippen molar-refractivity contribution in [2.75, 3.05) is 6.61 Å². The van der Waals surface area contributed by atoms with Gasteiger partial charge in [-0.3, -0.25) is 0 Å². The standard InChI is InChI=1S/C6H13NO/c1-3-8-6(2)4-5(6)7/h5H,3-4,7H2,1-2H3/t5-,6+/m0/s1. The van der Waals surface area contributed by atoms with Crippen LogP contribution in [-0.4, -0.2) is 18.2 Å². The van der Waals surface area contributed by atoms with E-state index in [1.165, 1.54) is 0 Å². The minimum atomic E-state index is 0.0365. The van der Waals surface area contributed by atoms with Gasteiger partial charge in [-0.15, -0.1) is 0 Å². The Balaban J connectivity index is 2.25. The third-order valence-corrected chi connectivity index (χ3v) is 1.72. The molecule has 0 aromatic rings. The topological polar surface area (TPSA) is 35.2 Å². The minimum absolute atomic E-state index is 0.0365. The molecule has 1 rings (SSSR count). The lowest BCUT2D eigenvalue weighted by Gasteiger charge is -2.07. The molecule has 0 unspecified atom stereocenters. The third-order valence-electron chi connectivity index (χ3n) is 1.72. The average molecular weight is 115 g/mol. The van der Waals surface area contributed by atoms with Gasteiger partial charge in [-0.2, -0.15) is 0 Å². The van der Waals surface area contributed by atoms with Gasteiger partial charge in [0.25, 0.3) is 0 Å². The first kappa shape index (κ1) is 6.05. The van der Waals surface area contributed by atoms with Crippen molar-refractivity contribution in [3.05, 3.63) is 0 Å². The summed E-state index contributed by atoms with van der Waals surface area (Å²) in [6.45, 7) is 4.83. The van der Waals surface area contributed by atoms with E-state index in [1.807, 2.05) is 6.92 Å². The predicted octanol–water partition coefficient (Wildman–Crippen LogP) is 0.513. The molecule has 2 nitrogen and oxygen atoms in total. The second kappa shape index (κ2) is 1.71. The zero-order valence-corrected chi connectivity index (χ0v) is 5.48. The van der Waals surface area contributed by atoms with Crippen LogP contribution in [0.15, 0.2) is 0 Å². The van der Waals surface area contributed by atoms with Crippen LogP contribution in [0.5, 0.6) is 0 Å². The Morgan fingerprint density at radius 1 is 1.88 bits per heavy atom. The van der Waals surface area contributed by atoms with Gasteiger partial charge in [0, 0.05) is 12.6 Å². The van der Waals surface area contributed by atoms with Crippen molar-refractivity contribution in [3.63, 3.8) is 0 Å². The van der Waals surface area contributed by atoms with E-state index in [0.717, 1.165) is 13.0 Å². The van der Waals surface area contributed by atoms with Crippen molar-refractivity contribution in [2.45, 2.75) is 31.9 Å². The molecule has 1 fully saturated rings. The van der Waals surface area contributed by atoms with Crippen molar-refractivity contribution in [2.24, 2.45) is 5.73 Å². The maximum Gasteiger partial charge on any atom is 0.0821 e. The van der Waals surface area contributed by atoms with Crippen LogP contribution in [0.2, 0.25) is 0 Å². The molecular weight excluding hydrogens is 102 g/mol. The lowest BCUT2D eigenvalue weighted by atomic mass is 10.4. The summed E-state index contributed by atoms with van der Waals surface area (Å²) in [7, 11) is 0. The molecule has 0 aromatic carbocycles. The highest BCUT2D eigenvalue weighted by Gasteiger charge is 2.48. The Morgan fingerprint density at radius 2 is 2.38 bits per heavy atom. The van der Waals surface area contributed by atoms with E-state index in [-0.39, 0.29) is 5.60 Å². The monoisotopic (exact) mass is 115 g/mol. The Labute approximate surface area is 50.0 Å². The zero-order chi connectivity index (χ0) is 6.20. The number of ether oxygens (including phenoxy) is 1. The summed E-state index contributed by atoms with van der Waals surface area (Å²) in [5, 5.41) is 0. The van der Waals surface area contributed by atoms with E-state index in [0.29, 0.717) is 6.04 Å². The SMILES string of the molecule is CCO[C@]1(C)C[C@@H]1N. The number of rotatable bonds is 2. The highest BCUT2D eigenvalue weighted by molar-refractivity contribution is 5.05. The van der Waals surface area contributed by atoms with Crippen molar-refractivity contribution >= 4 is 0 Å². The van der Waals surface area contributed by atoms with Gasteiger partial charge in [0.2, 0.25) is 0 Å².